The van der Waals surface area contributed by atoms with Gasteiger partial charge in [-0.1, -0.05) is 56.2 Å². The zero-order valence-corrected chi connectivity index (χ0v) is 14.5. The van der Waals surface area contributed by atoms with Gasteiger partial charge >= 0.3 is 0 Å². The molecule has 0 saturated heterocycles. The number of pyridine rings is 1. The van der Waals surface area contributed by atoms with Crippen molar-refractivity contribution >= 4 is 22.9 Å². The van der Waals surface area contributed by atoms with Crippen LogP contribution in [-0.4, -0.2) is 4.98 Å². The molecule has 1 nitrogen and oxygen atoms in total. The largest absolute Gasteiger partial charge is 0.260 e. The van der Waals surface area contributed by atoms with Crippen LogP contribution in [0, 0.1) is 18.2 Å². The molecule has 0 radical (unpaired) electrons. The van der Waals surface area contributed by atoms with E-state index in [0.29, 0.717) is 11.8 Å². The van der Waals surface area contributed by atoms with Crippen molar-refractivity contribution in [2.75, 3.05) is 0 Å². The van der Waals surface area contributed by atoms with Crippen molar-refractivity contribution in [3.05, 3.63) is 76.2 Å². The molecule has 1 heterocycles. The number of rotatable bonds is 3. The summed E-state index contributed by atoms with van der Waals surface area (Å²) in [4.78, 5) is 4.41. The van der Waals surface area contributed by atoms with Gasteiger partial charge in [0.2, 0.25) is 0 Å². The standard InChI is InChI=1S/C23H20FN/c1-4-7-17-8-5-6-9-18(17)10-11-22-23-19(12-13-25-22)14-20(16(2)3)15-21(23)24/h1,5-10,12-16H,11H2,2-3H3/b17-7-,18-10-. The highest BCUT2D eigenvalue weighted by Gasteiger charge is 2.10. The summed E-state index contributed by atoms with van der Waals surface area (Å²) >= 11 is 0. The van der Waals surface area contributed by atoms with Gasteiger partial charge in [-0.05, 0) is 45.5 Å². The molecule has 3 rings (SSSR count). The molecule has 0 atom stereocenters. The lowest BCUT2D eigenvalue weighted by molar-refractivity contribution is 0.634. The van der Waals surface area contributed by atoms with Crippen molar-refractivity contribution in [2.24, 2.45) is 0 Å². The van der Waals surface area contributed by atoms with Crippen LogP contribution in [0.2, 0.25) is 0 Å². The van der Waals surface area contributed by atoms with Gasteiger partial charge in [-0.15, -0.1) is 6.42 Å². The van der Waals surface area contributed by atoms with Gasteiger partial charge in [0.25, 0.3) is 0 Å². The van der Waals surface area contributed by atoms with E-state index >= 15 is 0 Å². The number of hydrogen-bond acceptors (Lipinski definition) is 1. The molecule has 3 aromatic rings. The van der Waals surface area contributed by atoms with Gasteiger partial charge in [0.1, 0.15) is 5.82 Å². The highest BCUT2D eigenvalue weighted by molar-refractivity contribution is 5.86. The monoisotopic (exact) mass is 329 g/mol. The van der Waals surface area contributed by atoms with Crippen LogP contribution < -0.4 is 10.4 Å². The number of terminal acetylenes is 1. The molecule has 0 unspecified atom stereocenters. The van der Waals surface area contributed by atoms with E-state index in [0.717, 1.165) is 27.1 Å². The minimum atomic E-state index is -0.207. The maximum absolute atomic E-state index is 14.7. The van der Waals surface area contributed by atoms with E-state index in [-0.39, 0.29) is 11.7 Å². The molecule has 0 N–H and O–H groups in total. The van der Waals surface area contributed by atoms with Gasteiger partial charge in [-0.25, -0.2) is 4.39 Å². The van der Waals surface area contributed by atoms with E-state index in [2.05, 4.69) is 24.8 Å². The Labute approximate surface area is 147 Å². The molecule has 0 saturated carbocycles. The SMILES string of the molecule is C#C/C=c1/cccc/c1=C/Cc1nccc2cc(C(C)C)cc(F)c12. The van der Waals surface area contributed by atoms with Crippen LogP contribution in [0.15, 0.2) is 48.7 Å². The highest BCUT2D eigenvalue weighted by atomic mass is 19.1. The van der Waals surface area contributed by atoms with Crippen LogP contribution in [0.1, 0.15) is 31.0 Å². The fourth-order valence-corrected chi connectivity index (χ4v) is 2.97. The van der Waals surface area contributed by atoms with Crippen LogP contribution >= 0.6 is 0 Å². The third kappa shape index (κ3) is 3.61. The number of aromatic nitrogens is 1. The zero-order chi connectivity index (χ0) is 17.8. The molecule has 0 aliphatic carbocycles. The van der Waals surface area contributed by atoms with Crippen molar-refractivity contribution in [3.8, 4) is 12.3 Å². The minimum Gasteiger partial charge on any atom is -0.260 e. The van der Waals surface area contributed by atoms with Crippen molar-refractivity contribution in [1.82, 2.24) is 4.98 Å². The van der Waals surface area contributed by atoms with Crippen LogP contribution in [0.25, 0.3) is 22.9 Å². The summed E-state index contributed by atoms with van der Waals surface area (Å²) in [5.74, 6) is 2.64. The second-order valence-corrected chi connectivity index (χ2v) is 6.36. The Kier molecular flexibility index (Phi) is 4.95. The number of hydrogen-bond donors (Lipinski definition) is 0. The van der Waals surface area contributed by atoms with Crippen LogP contribution in [0.5, 0.6) is 0 Å². The molecular formula is C23H20FN. The Balaban J connectivity index is 2.11. The lowest BCUT2D eigenvalue weighted by Gasteiger charge is -2.10. The lowest BCUT2D eigenvalue weighted by atomic mass is 9.98. The maximum atomic E-state index is 14.7. The summed E-state index contributed by atoms with van der Waals surface area (Å²) in [5, 5.41) is 3.50. The quantitative estimate of drug-likeness (QED) is 0.664. The first-order valence-corrected chi connectivity index (χ1v) is 8.38. The summed E-state index contributed by atoms with van der Waals surface area (Å²) < 4.78 is 14.7. The summed E-state index contributed by atoms with van der Waals surface area (Å²) in [5.41, 5.74) is 1.74. The number of nitrogens with zero attached hydrogens (tertiary/aromatic N) is 1. The molecule has 0 aliphatic heterocycles. The van der Waals surface area contributed by atoms with Crippen molar-refractivity contribution in [1.29, 1.82) is 0 Å². The highest BCUT2D eigenvalue weighted by Crippen LogP contribution is 2.26. The number of halogens is 1. The molecule has 0 amide bonds. The molecule has 25 heavy (non-hydrogen) atoms. The third-order valence-electron chi connectivity index (χ3n) is 4.33. The van der Waals surface area contributed by atoms with Crippen molar-refractivity contribution in [3.63, 3.8) is 0 Å². The Morgan fingerprint density at radius 3 is 2.64 bits per heavy atom. The zero-order valence-electron chi connectivity index (χ0n) is 14.5. The van der Waals surface area contributed by atoms with E-state index < -0.39 is 0 Å². The fraction of sp³-hybridized carbons (Fsp3) is 0.174. The smallest absolute Gasteiger partial charge is 0.133 e. The summed E-state index contributed by atoms with van der Waals surface area (Å²) in [6, 6.07) is 13.4. The molecule has 124 valence electrons. The molecule has 0 aliphatic rings. The molecule has 0 bridgehead atoms. The first-order valence-electron chi connectivity index (χ1n) is 8.38. The second kappa shape index (κ2) is 7.32. The number of fused-ring (bicyclic) bond motifs is 1. The Morgan fingerprint density at radius 1 is 1.16 bits per heavy atom. The normalized spacial score (nSPS) is 12.8. The van der Waals surface area contributed by atoms with Gasteiger partial charge in [-0.3, -0.25) is 4.98 Å². The molecule has 2 heteroatoms. The van der Waals surface area contributed by atoms with Crippen molar-refractivity contribution < 1.29 is 4.39 Å². The Morgan fingerprint density at radius 2 is 1.92 bits per heavy atom. The van der Waals surface area contributed by atoms with E-state index in [1.54, 1.807) is 18.3 Å². The Bertz CT molecular complexity index is 1070. The average molecular weight is 329 g/mol. The summed E-state index contributed by atoms with van der Waals surface area (Å²) in [6.45, 7) is 4.13. The minimum absolute atomic E-state index is 0.207. The summed E-state index contributed by atoms with van der Waals surface area (Å²) in [6.07, 6.45) is 11.5. The van der Waals surface area contributed by atoms with E-state index in [1.807, 2.05) is 42.5 Å². The Hall–Kier alpha value is -2.92. The van der Waals surface area contributed by atoms with Crippen LogP contribution in [0.3, 0.4) is 0 Å². The van der Waals surface area contributed by atoms with Gasteiger partial charge in [0.15, 0.2) is 0 Å². The van der Waals surface area contributed by atoms with Crippen LogP contribution in [-0.2, 0) is 6.42 Å². The third-order valence-corrected chi connectivity index (χ3v) is 4.33. The van der Waals surface area contributed by atoms with E-state index in [9.17, 15) is 4.39 Å². The first kappa shape index (κ1) is 16.9. The van der Waals surface area contributed by atoms with Crippen molar-refractivity contribution in [2.45, 2.75) is 26.2 Å². The molecule has 2 aromatic carbocycles. The average Bonchev–Trinajstić information content (AvgIpc) is 2.61. The van der Waals surface area contributed by atoms with Gasteiger partial charge in [-0.2, -0.15) is 0 Å². The van der Waals surface area contributed by atoms with Gasteiger partial charge in [0.05, 0.1) is 5.69 Å². The molecule has 0 fully saturated rings. The van der Waals surface area contributed by atoms with E-state index in [1.165, 1.54) is 0 Å². The van der Waals surface area contributed by atoms with Gasteiger partial charge in [0, 0.05) is 18.0 Å². The summed E-state index contributed by atoms with van der Waals surface area (Å²) in [7, 11) is 0. The van der Waals surface area contributed by atoms with Gasteiger partial charge < -0.3 is 0 Å². The molecule has 0 spiro atoms. The number of benzene rings is 2. The maximum Gasteiger partial charge on any atom is 0.133 e. The predicted octanol–water partition coefficient (Wildman–Crippen LogP) is 3.93. The topological polar surface area (TPSA) is 12.9 Å². The fourth-order valence-electron chi connectivity index (χ4n) is 2.97. The molecular weight excluding hydrogens is 309 g/mol. The predicted molar refractivity (Wildman–Crippen MR) is 103 cm³/mol. The van der Waals surface area contributed by atoms with Crippen LogP contribution in [0.4, 0.5) is 4.39 Å². The molecule has 1 aromatic heterocycles. The first-order chi connectivity index (χ1) is 12.1. The second-order valence-electron chi connectivity index (χ2n) is 6.36. The van der Waals surface area contributed by atoms with E-state index in [4.69, 9.17) is 6.42 Å². The lowest BCUT2D eigenvalue weighted by Crippen LogP contribution is -2.23.